The molecule has 1 aliphatic heterocycles. The van der Waals surface area contributed by atoms with E-state index in [0.29, 0.717) is 18.3 Å². The monoisotopic (exact) mass is 432 g/mol. The maximum absolute atomic E-state index is 12.5. The number of fused-ring (bicyclic) bond motifs is 2. The van der Waals surface area contributed by atoms with Gasteiger partial charge >= 0.3 is 0 Å². The minimum absolute atomic E-state index is 0.0189. The molecule has 0 fully saturated rings. The highest BCUT2D eigenvalue weighted by molar-refractivity contribution is 7.98. The van der Waals surface area contributed by atoms with E-state index in [2.05, 4.69) is 50.3 Å². The summed E-state index contributed by atoms with van der Waals surface area (Å²) in [5.74, 6) is 0.853. The van der Waals surface area contributed by atoms with Gasteiger partial charge in [0.2, 0.25) is 0 Å². The standard InChI is InChI=1S/C24H24N4O2S/c1-31-24-26-22-9-10-28(14-20(22)23(29)27-24)13-17-12-25-21-8-7-18(11-19(17)21)30-15-16-5-3-2-4-6-16/h2-8,11-12,25H,9-10,13-15H2,1H3,(H,26,27,29). The average Bonchev–Trinajstić information content (AvgIpc) is 3.20. The summed E-state index contributed by atoms with van der Waals surface area (Å²) in [5.41, 5.74) is 5.13. The van der Waals surface area contributed by atoms with E-state index in [0.717, 1.165) is 53.0 Å². The molecule has 0 spiro atoms. The molecule has 0 bridgehead atoms. The van der Waals surface area contributed by atoms with Gasteiger partial charge in [0.05, 0.1) is 11.3 Å². The van der Waals surface area contributed by atoms with Gasteiger partial charge < -0.3 is 14.7 Å². The number of nitrogens with one attached hydrogen (secondary N) is 2. The lowest BCUT2D eigenvalue weighted by atomic mass is 10.1. The van der Waals surface area contributed by atoms with Gasteiger partial charge in [-0.2, -0.15) is 0 Å². The van der Waals surface area contributed by atoms with E-state index in [1.807, 2.05) is 30.5 Å². The number of hydrogen-bond acceptors (Lipinski definition) is 5. The molecule has 0 atom stereocenters. The lowest BCUT2D eigenvalue weighted by Crippen LogP contribution is -2.35. The number of thioether (sulfide) groups is 1. The van der Waals surface area contributed by atoms with Gasteiger partial charge in [-0.3, -0.25) is 9.69 Å². The summed E-state index contributed by atoms with van der Waals surface area (Å²) in [6.07, 6.45) is 4.77. The largest absolute Gasteiger partial charge is 0.489 e. The van der Waals surface area contributed by atoms with Crippen molar-refractivity contribution in [3.05, 3.63) is 87.5 Å². The third-order valence-corrected chi connectivity index (χ3v) is 6.28. The third kappa shape index (κ3) is 4.24. The number of hydrogen-bond donors (Lipinski definition) is 2. The molecule has 2 aromatic heterocycles. The lowest BCUT2D eigenvalue weighted by molar-refractivity contribution is 0.241. The molecule has 2 N–H and O–H groups in total. The molecule has 158 valence electrons. The van der Waals surface area contributed by atoms with Gasteiger partial charge in [-0.05, 0) is 35.6 Å². The van der Waals surface area contributed by atoms with E-state index < -0.39 is 0 Å². The molecule has 4 aromatic rings. The van der Waals surface area contributed by atoms with Crippen LogP contribution in [0.25, 0.3) is 10.9 Å². The number of aromatic amines is 2. The van der Waals surface area contributed by atoms with Crippen LogP contribution in [0.2, 0.25) is 0 Å². The molecular weight excluding hydrogens is 408 g/mol. The summed E-state index contributed by atoms with van der Waals surface area (Å²) in [6, 6.07) is 16.3. The summed E-state index contributed by atoms with van der Waals surface area (Å²) in [5, 5.41) is 1.85. The van der Waals surface area contributed by atoms with E-state index in [4.69, 9.17) is 4.74 Å². The summed E-state index contributed by atoms with van der Waals surface area (Å²) in [7, 11) is 0. The fourth-order valence-electron chi connectivity index (χ4n) is 4.05. The first-order chi connectivity index (χ1) is 15.2. The minimum atomic E-state index is -0.0189. The second kappa shape index (κ2) is 8.61. The van der Waals surface area contributed by atoms with Crippen LogP contribution in [-0.2, 0) is 26.1 Å². The van der Waals surface area contributed by atoms with Crippen LogP contribution in [-0.4, -0.2) is 32.7 Å². The zero-order chi connectivity index (χ0) is 21.2. The van der Waals surface area contributed by atoms with Gasteiger partial charge in [-0.1, -0.05) is 42.1 Å². The van der Waals surface area contributed by atoms with Gasteiger partial charge in [0.1, 0.15) is 12.4 Å². The fraction of sp³-hybridized carbons (Fsp3) is 0.250. The van der Waals surface area contributed by atoms with Crippen LogP contribution in [0, 0.1) is 0 Å². The Morgan fingerprint density at radius 3 is 2.90 bits per heavy atom. The highest BCUT2D eigenvalue weighted by atomic mass is 32.2. The Kier molecular flexibility index (Phi) is 5.53. The molecule has 0 amide bonds. The van der Waals surface area contributed by atoms with E-state index in [1.165, 1.54) is 17.3 Å². The Labute approximate surface area is 184 Å². The lowest BCUT2D eigenvalue weighted by Gasteiger charge is -2.27. The van der Waals surface area contributed by atoms with Crippen LogP contribution in [0.3, 0.4) is 0 Å². The molecule has 3 heterocycles. The molecule has 0 unspecified atom stereocenters. The van der Waals surface area contributed by atoms with Gasteiger partial charge in [0.25, 0.3) is 5.56 Å². The van der Waals surface area contributed by atoms with Gasteiger partial charge in [0.15, 0.2) is 5.16 Å². The summed E-state index contributed by atoms with van der Waals surface area (Å²) >= 11 is 1.47. The molecule has 0 saturated heterocycles. The normalized spacial score (nSPS) is 14.0. The van der Waals surface area contributed by atoms with E-state index >= 15 is 0 Å². The number of ether oxygens (including phenoxy) is 1. The maximum atomic E-state index is 12.5. The first-order valence-corrected chi connectivity index (χ1v) is 11.6. The Balaban J connectivity index is 1.33. The predicted molar refractivity (Wildman–Crippen MR) is 124 cm³/mol. The summed E-state index contributed by atoms with van der Waals surface area (Å²) in [4.78, 5) is 25.6. The van der Waals surface area contributed by atoms with E-state index in [1.54, 1.807) is 0 Å². The quantitative estimate of drug-likeness (QED) is 0.354. The topological polar surface area (TPSA) is 74.0 Å². The fourth-order valence-corrected chi connectivity index (χ4v) is 4.45. The van der Waals surface area contributed by atoms with Crippen LogP contribution in [0.1, 0.15) is 22.4 Å². The summed E-state index contributed by atoms with van der Waals surface area (Å²) < 4.78 is 6.02. The first kappa shape index (κ1) is 19.9. The van der Waals surface area contributed by atoms with Crippen molar-refractivity contribution in [2.24, 2.45) is 0 Å². The Bertz CT molecular complexity index is 1270. The van der Waals surface area contributed by atoms with Crippen molar-refractivity contribution in [3.63, 3.8) is 0 Å². The van der Waals surface area contributed by atoms with Crippen LogP contribution in [0.4, 0.5) is 0 Å². The Morgan fingerprint density at radius 2 is 2.06 bits per heavy atom. The molecule has 2 aromatic carbocycles. The highest BCUT2D eigenvalue weighted by Crippen LogP contribution is 2.27. The molecule has 7 heteroatoms. The summed E-state index contributed by atoms with van der Waals surface area (Å²) in [6.45, 7) is 2.81. The highest BCUT2D eigenvalue weighted by Gasteiger charge is 2.22. The minimum Gasteiger partial charge on any atom is -0.489 e. The molecule has 5 rings (SSSR count). The average molecular weight is 433 g/mol. The van der Waals surface area contributed by atoms with Gasteiger partial charge in [0, 0.05) is 43.2 Å². The molecule has 1 aliphatic rings. The second-order valence-corrected chi connectivity index (χ2v) is 8.55. The molecule has 0 aliphatic carbocycles. The Morgan fingerprint density at radius 1 is 1.19 bits per heavy atom. The molecule has 31 heavy (non-hydrogen) atoms. The van der Waals surface area contributed by atoms with Crippen LogP contribution < -0.4 is 10.3 Å². The van der Waals surface area contributed by atoms with Crippen molar-refractivity contribution in [2.45, 2.75) is 31.3 Å². The Hall–Kier alpha value is -3.03. The number of benzene rings is 2. The molecule has 0 saturated carbocycles. The maximum Gasteiger partial charge on any atom is 0.256 e. The first-order valence-electron chi connectivity index (χ1n) is 10.3. The van der Waals surface area contributed by atoms with Crippen molar-refractivity contribution >= 4 is 22.7 Å². The number of rotatable bonds is 6. The number of nitrogens with zero attached hydrogens (tertiary/aromatic N) is 2. The van der Waals surface area contributed by atoms with Crippen LogP contribution in [0.5, 0.6) is 5.75 Å². The molecule has 0 radical (unpaired) electrons. The van der Waals surface area contributed by atoms with Crippen molar-refractivity contribution in [3.8, 4) is 5.75 Å². The van der Waals surface area contributed by atoms with Gasteiger partial charge in [-0.15, -0.1) is 0 Å². The van der Waals surface area contributed by atoms with Crippen LogP contribution >= 0.6 is 11.8 Å². The number of H-pyrrole nitrogens is 2. The smallest absolute Gasteiger partial charge is 0.256 e. The zero-order valence-corrected chi connectivity index (χ0v) is 18.2. The third-order valence-electron chi connectivity index (χ3n) is 5.70. The van der Waals surface area contributed by atoms with Crippen molar-refractivity contribution < 1.29 is 4.74 Å². The van der Waals surface area contributed by atoms with E-state index in [-0.39, 0.29) is 5.56 Å². The van der Waals surface area contributed by atoms with Crippen molar-refractivity contribution in [1.29, 1.82) is 0 Å². The zero-order valence-electron chi connectivity index (χ0n) is 17.4. The predicted octanol–water partition coefficient (Wildman–Crippen LogP) is 4.11. The SMILES string of the molecule is CSc1nc2c(c(=O)[nH]1)CN(Cc1c[nH]c3ccc(OCc4ccccc4)cc13)CC2. The van der Waals surface area contributed by atoms with Crippen molar-refractivity contribution in [2.75, 3.05) is 12.8 Å². The molecule has 6 nitrogen and oxygen atoms in total. The number of aromatic nitrogens is 3. The second-order valence-electron chi connectivity index (χ2n) is 7.76. The van der Waals surface area contributed by atoms with E-state index in [9.17, 15) is 4.79 Å². The van der Waals surface area contributed by atoms with Crippen LogP contribution in [0.15, 0.2) is 64.7 Å². The van der Waals surface area contributed by atoms with Crippen molar-refractivity contribution in [1.82, 2.24) is 19.9 Å². The molecular formula is C24H24N4O2S. The van der Waals surface area contributed by atoms with Gasteiger partial charge in [-0.25, -0.2) is 4.98 Å².